The second kappa shape index (κ2) is 6.75. The van der Waals surface area contributed by atoms with E-state index in [1.165, 1.54) is 0 Å². The van der Waals surface area contributed by atoms with Gasteiger partial charge in [0, 0.05) is 29.9 Å². The van der Waals surface area contributed by atoms with Crippen molar-refractivity contribution in [2.75, 3.05) is 6.54 Å². The summed E-state index contributed by atoms with van der Waals surface area (Å²) in [6, 6.07) is 6.41. The quantitative estimate of drug-likeness (QED) is 0.673. The lowest BCUT2D eigenvalue weighted by Crippen LogP contribution is -2.44. The van der Waals surface area contributed by atoms with Crippen LogP contribution in [0.2, 0.25) is 0 Å². The molecule has 0 spiro atoms. The van der Waals surface area contributed by atoms with Gasteiger partial charge < -0.3 is 15.0 Å². The number of aliphatic hydroxyl groups is 1. The molecule has 2 atom stereocenters. The van der Waals surface area contributed by atoms with Crippen LogP contribution in [0.25, 0.3) is 22.2 Å². The number of rotatable bonds is 5. The van der Waals surface area contributed by atoms with Crippen molar-refractivity contribution in [2.24, 2.45) is 0 Å². The zero-order valence-corrected chi connectivity index (χ0v) is 13.7. The van der Waals surface area contributed by atoms with E-state index in [4.69, 9.17) is 0 Å². The van der Waals surface area contributed by atoms with E-state index >= 15 is 0 Å². The summed E-state index contributed by atoms with van der Waals surface area (Å²) in [6.07, 6.45) is 9.43. The maximum atomic E-state index is 10.1. The number of imidazole rings is 1. The fourth-order valence-corrected chi connectivity index (χ4v) is 3.64. The van der Waals surface area contributed by atoms with Crippen LogP contribution >= 0.6 is 0 Å². The van der Waals surface area contributed by atoms with Crippen LogP contribution in [0, 0.1) is 0 Å². The fraction of sp³-hybridized carbons (Fsp3) is 0.444. The van der Waals surface area contributed by atoms with Crippen molar-refractivity contribution in [1.82, 2.24) is 25.1 Å². The van der Waals surface area contributed by atoms with Gasteiger partial charge in [0.15, 0.2) is 0 Å². The third kappa shape index (κ3) is 2.95. The van der Waals surface area contributed by atoms with E-state index in [-0.39, 0.29) is 12.1 Å². The molecule has 0 aliphatic carbocycles. The molecule has 6 nitrogen and oxygen atoms in total. The first-order valence-corrected chi connectivity index (χ1v) is 8.67. The highest BCUT2D eigenvalue weighted by atomic mass is 16.3. The topological polar surface area (TPSA) is 78.8 Å². The van der Waals surface area contributed by atoms with Gasteiger partial charge in [-0.1, -0.05) is 12.1 Å². The monoisotopic (exact) mass is 325 g/mol. The minimum absolute atomic E-state index is 0.209. The van der Waals surface area contributed by atoms with Crippen LogP contribution in [-0.2, 0) is 6.54 Å². The minimum Gasteiger partial charge on any atom is -0.392 e. The summed E-state index contributed by atoms with van der Waals surface area (Å²) in [7, 11) is 0. The maximum absolute atomic E-state index is 10.1. The summed E-state index contributed by atoms with van der Waals surface area (Å²) in [4.78, 5) is 4.54. The maximum Gasteiger partial charge on any atom is 0.0958 e. The molecule has 0 unspecified atom stereocenters. The molecule has 1 saturated heterocycles. The predicted molar refractivity (Wildman–Crippen MR) is 93.6 cm³/mol. The summed E-state index contributed by atoms with van der Waals surface area (Å²) in [5, 5.41) is 20.4. The molecule has 0 radical (unpaired) electrons. The molecule has 24 heavy (non-hydrogen) atoms. The number of benzene rings is 1. The van der Waals surface area contributed by atoms with E-state index in [1.807, 2.05) is 30.9 Å². The van der Waals surface area contributed by atoms with Crippen molar-refractivity contribution in [3.05, 3.63) is 36.9 Å². The molecule has 1 aliphatic heterocycles. The Morgan fingerprint density at radius 1 is 1.33 bits per heavy atom. The van der Waals surface area contributed by atoms with E-state index in [0.29, 0.717) is 0 Å². The number of aryl methyl sites for hydroxylation is 1. The second-order valence-corrected chi connectivity index (χ2v) is 6.51. The zero-order chi connectivity index (χ0) is 16.4. The molecule has 0 bridgehead atoms. The number of nitrogens with zero attached hydrogens (tertiary/aromatic N) is 3. The largest absolute Gasteiger partial charge is 0.392 e. The lowest BCUT2D eigenvalue weighted by atomic mass is 9.97. The highest BCUT2D eigenvalue weighted by Gasteiger charge is 2.21. The molecule has 126 valence electrons. The molecule has 0 saturated carbocycles. The zero-order valence-electron chi connectivity index (χ0n) is 13.7. The molecule has 1 aliphatic rings. The Kier molecular flexibility index (Phi) is 4.32. The number of aromatic amines is 1. The number of H-pyrrole nitrogens is 1. The van der Waals surface area contributed by atoms with Gasteiger partial charge in [0.05, 0.1) is 29.7 Å². The van der Waals surface area contributed by atoms with Crippen LogP contribution in [0.4, 0.5) is 0 Å². The number of aromatic nitrogens is 4. The molecule has 1 aromatic carbocycles. The summed E-state index contributed by atoms with van der Waals surface area (Å²) >= 11 is 0. The van der Waals surface area contributed by atoms with Gasteiger partial charge >= 0.3 is 0 Å². The van der Waals surface area contributed by atoms with Gasteiger partial charge in [-0.15, -0.1) is 0 Å². The van der Waals surface area contributed by atoms with Crippen LogP contribution in [-0.4, -0.2) is 43.5 Å². The molecule has 1 fully saturated rings. The lowest BCUT2D eigenvalue weighted by Gasteiger charge is -2.29. The molecule has 0 amide bonds. The SMILES string of the molecule is O[C@H]1CCCN[C@@H]1CCCn1cnc2cccc(-c3cn[nH]c3)c21. The summed E-state index contributed by atoms with van der Waals surface area (Å²) in [5.74, 6) is 0. The number of hydrogen-bond donors (Lipinski definition) is 3. The van der Waals surface area contributed by atoms with Gasteiger partial charge in [0.1, 0.15) is 0 Å². The first-order valence-electron chi connectivity index (χ1n) is 8.67. The van der Waals surface area contributed by atoms with Crippen LogP contribution in [0.5, 0.6) is 0 Å². The van der Waals surface area contributed by atoms with Gasteiger partial charge in [0.25, 0.3) is 0 Å². The van der Waals surface area contributed by atoms with Gasteiger partial charge in [0.2, 0.25) is 0 Å². The van der Waals surface area contributed by atoms with Crippen LogP contribution < -0.4 is 5.32 Å². The van der Waals surface area contributed by atoms with E-state index in [1.54, 1.807) is 0 Å². The number of fused-ring (bicyclic) bond motifs is 1. The van der Waals surface area contributed by atoms with Crippen LogP contribution in [0.1, 0.15) is 25.7 Å². The summed E-state index contributed by atoms with van der Waals surface area (Å²) in [5.41, 5.74) is 4.38. The predicted octanol–water partition coefficient (Wildman–Crippen LogP) is 2.32. The summed E-state index contributed by atoms with van der Waals surface area (Å²) < 4.78 is 2.22. The molecular weight excluding hydrogens is 302 g/mol. The normalized spacial score (nSPS) is 21.4. The fourth-order valence-electron chi connectivity index (χ4n) is 3.64. The van der Waals surface area contributed by atoms with Crippen molar-refractivity contribution < 1.29 is 5.11 Å². The summed E-state index contributed by atoms with van der Waals surface area (Å²) in [6.45, 7) is 1.91. The van der Waals surface area contributed by atoms with Crippen molar-refractivity contribution >= 4 is 11.0 Å². The standard InChI is InChI=1S/C18H23N5O/c24-17-7-2-8-19-15(17)6-3-9-23-12-20-16-5-1-4-14(18(16)23)13-10-21-22-11-13/h1,4-5,10-12,15,17,19,24H,2-3,6-9H2,(H,21,22)/t15-,17+/m1/s1. The Morgan fingerprint density at radius 3 is 3.12 bits per heavy atom. The third-order valence-electron chi connectivity index (χ3n) is 4.91. The number of piperidine rings is 1. The Hall–Kier alpha value is -2.18. The van der Waals surface area contributed by atoms with Crippen molar-refractivity contribution in [1.29, 1.82) is 0 Å². The van der Waals surface area contributed by atoms with Gasteiger partial charge in [-0.05, 0) is 38.3 Å². The molecule has 2 aromatic heterocycles. The average molecular weight is 325 g/mol. The van der Waals surface area contributed by atoms with Gasteiger partial charge in [-0.25, -0.2) is 4.98 Å². The molecule has 3 aromatic rings. The van der Waals surface area contributed by atoms with Crippen LogP contribution in [0.3, 0.4) is 0 Å². The van der Waals surface area contributed by atoms with Crippen molar-refractivity contribution in [2.45, 2.75) is 44.4 Å². The molecule has 3 heterocycles. The van der Waals surface area contributed by atoms with Gasteiger partial charge in [-0.2, -0.15) is 5.10 Å². The molecule has 6 heteroatoms. The number of aliphatic hydroxyl groups excluding tert-OH is 1. The molecular formula is C18H23N5O. The number of nitrogens with one attached hydrogen (secondary N) is 2. The van der Waals surface area contributed by atoms with E-state index in [2.05, 4.69) is 31.1 Å². The third-order valence-corrected chi connectivity index (χ3v) is 4.91. The van der Waals surface area contributed by atoms with Gasteiger partial charge in [-0.3, -0.25) is 5.10 Å². The first-order chi connectivity index (χ1) is 11.8. The average Bonchev–Trinajstić information content (AvgIpc) is 3.26. The lowest BCUT2D eigenvalue weighted by molar-refractivity contribution is 0.0909. The van der Waals surface area contributed by atoms with E-state index in [0.717, 1.165) is 60.9 Å². The van der Waals surface area contributed by atoms with E-state index in [9.17, 15) is 5.11 Å². The van der Waals surface area contributed by atoms with Crippen LogP contribution in [0.15, 0.2) is 36.9 Å². The second-order valence-electron chi connectivity index (χ2n) is 6.51. The highest BCUT2D eigenvalue weighted by Crippen LogP contribution is 2.27. The van der Waals surface area contributed by atoms with E-state index < -0.39 is 0 Å². The Bertz CT molecular complexity index is 795. The first kappa shape index (κ1) is 15.4. The number of hydrogen-bond acceptors (Lipinski definition) is 4. The molecule has 3 N–H and O–H groups in total. The van der Waals surface area contributed by atoms with Crippen molar-refractivity contribution in [3.63, 3.8) is 0 Å². The Morgan fingerprint density at radius 2 is 2.29 bits per heavy atom. The Balaban J connectivity index is 1.52. The highest BCUT2D eigenvalue weighted by molar-refractivity contribution is 5.91. The Labute approximate surface area is 140 Å². The smallest absolute Gasteiger partial charge is 0.0958 e. The number of para-hydroxylation sites is 1. The minimum atomic E-state index is -0.209. The molecule has 4 rings (SSSR count). The van der Waals surface area contributed by atoms with Crippen molar-refractivity contribution in [3.8, 4) is 11.1 Å².